The van der Waals surface area contributed by atoms with Crippen molar-refractivity contribution >= 4 is 35.0 Å². The Morgan fingerprint density at radius 1 is 0.567 bits per heavy atom. The fourth-order valence-corrected chi connectivity index (χ4v) is 3.69. The van der Waals surface area contributed by atoms with E-state index in [1.807, 2.05) is 0 Å². The van der Waals surface area contributed by atoms with E-state index >= 15 is 0 Å². The second-order valence-electron chi connectivity index (χ2n) is 9.19. The molecule has 0 heterocycles. The summed E-state index contributed by atoms with van der Waals surface area (Å²) in [5, 5.41) is 0. The van der Waals surface area contributed by atoms with Gasteiger partial charge in [-0.15, -0.1) is 0 Å². The number of ether oxygens (including phenoxy) is 1. The highest BCUT2D eigenvalue weighted by atomic mass is 24.3. The summed E-state index contributed by atoms with van der Waals surface area (Å²) in [5.41, 5.74) is 0. The molecule has 176 valence electrons. The second-order valence-corrected chi connectivity index (χ2v) is 9.19. The molecule has 0 radical (unpaired) electrons. The molecule has 0 aliphatic rings. The fourth-order valence-electron chi connectivity index (χ4n) is 3.69. The van der Waals surface area contributed by atoms with Crippen LogP contribution in [0.15, 0.2) is 0 Å². The van der Waals surface area contributed by atoms with E-state index in [1.54, 1.807) is 0 Å². The lowest BCUT2D eigenvalue weighted by Gasteiger charge is -2.05. The molecule has 0 aliphatic carbocycles. The molecule has 0 atom stereocenters. The SMILES string of the molecule is CCCCCCCCCCCCCCCCCC(=O)OC(=O)CCCCC(C)C.[MgH2]. The van der Waals surface area contributed by atoms with Gasteiger partial charge in [0, 0.05) is 12.8 Å². The van der Waals surface area contributed by atoms with Crippen molar-refractivity contribution in [2.45, 2.75) is 149 Å². The first-order chi connectivity index (χ1) is 14.1. The van der Waals surface area contributed by atoms with Crippen LogP contribution >= 0.6 is 0 Å². The molecule has 0 spiro atoms. The molecular weight excluding hydrogens is 385 g/mol. The summed E-state index contributed by atoms with van der Waals surface area (Å²) < 4.78 is 4.90. The van der Waals surface area contributed by atoms with Crippen LogP contribution in [0.2, 0.25) is 0 Å². The zero-order valence-electron chi connectivity index (χ0n) is 19.9. The summed E-state index contributed by atoms with van der Waals surface area (Å²) in [6, 6.07) is 0. The van der Waals surface area contributed by atoms with Gasteiger partial charge in [0.15, 0.2) is 0 Å². The van der Waals surface area contributed by atoms with E-state index in [1.165, 1.54) is 83.5 Å². The molecular formula is C26H52MgO3. The number of hydrogen-bond acceptors (Lipinski definition) is 3. The summed E-state index contributed by atoms with van der Waals surface area (Å²) in [4.78, 5) is 23.3. The first kappa shape index (κ1) is 32.1. The van der Waals surface area contributed by atoms with Gasteiger partial charge in [0.1, 0.15) is 0 Å². The van der Waals surface area contributed by atoms with Gasteiger partial charge < -0.3 is 4.74 Å². The van der Waals surface area contributed by atoms with Gasteiger partial charge in [-0.1, -0.05) is 124 Å². The van der Waals surface area contributed by atoms with Crippen molar-refractivity contribution in [3.05, 3.63) is 0 Å². The van der Waals surface area contributed by atoms with Crippen LogP contribution in [0.1, 0.15) is 149 Å². The highest BCUT2D eigenvalue weighted by Crippen LogP contribution is 2.14. The third-order valence-corrected chi connectivity index (χ3v) is 5.62. The van der Waals surface area contributed by atoms with Gasteiger partial charge in [0.05, 0.1) is 0 Å². The molecule has 0 rings (SSSR count). The lowest BCUT2D eigenvalue weighted by atomic mass is 10.0. The summed E-state index contributed by atoms with van der Waals surface area (Å²) in [6.07, 6.45) is 23.4. The Bertz CT molecular complexity index is 382. The molecule has 3 nitrogen and oxygen atoms in total. The number of esters is 2. The van der Waals surface area contributed by atoms with Crippen molar-refractivity contribution in [3.8, 4) is 0 Å². The molecule has 0 aromatic heterocycles. The molecule has 4 heteroatoms. The van der Waals surface area contributed by atoms with Gasteiger partial charge in [-0.2, -0.15) is 0 Å². The van der Waals surface area contributed by atoms with Crippen LogP contribution in [-0.4, -0.2) is 35.0 Å². The minimum absolute atomic E-state index is 0. The van der Waals surface area contributed by atoms with Gasteiger partial charge >= 0.3 is 35.0 Å². The standard InChI is InChI=1S/C26H50O3.Mg.2H/c1-4-5-6-7-8-9-10-11-12-13-14-15-16-17-18-22-25(27)29-26(28)23-20-19-21-24(2)3;;;/h24H,4-23H2,1-3H3;;;. The normalized spacial score (nSPS) is 10.8. The third kappa shape index (κ3) is 25.9. The maximum Gasteiger partial charge on any atom is 0.316 e. The van der Waals surface area contributed by atoms with Crippen LogP contribution in [0, 0.1) is 5.92 Å². The van der Waals surface area contributed by atoms with Gasteiger partial charge in [-0.3, -0.25) is 9.59 Å². The molecule has 0 N–H and O–H groups in total. The van der Waals surface area contributed by atoms with Crippen LogP contribution in [-0.2, 0) is 14.3 Å². The third-order valence-electron chi connectivity index (χ3n) is 5.62. The highest BCUT2D eigenvalue weighted by Gasteiger charge is 2.10. The first-order valence-electron chi connectivity index (χ1n) is 12.8. The number of rotatable bonds is 21. The quantitative estimate of drug-likeness (QED) is 0.0804. The van der Waals surface area contributed by atoms with Gasteiger partial charge in [0.25, 0.3) is 0 Å². The predicted molar refractivity (Wildman–Crippen MR) is 132 cm³/mol. The Morgan fingerprint density at radius 2 is 0.900 bits per heavy atom. The minimum atomic E-state index is -0.347. The van der Waals surface area contributed by atoms with E-state index in [-0.39, 0.29) is 35.0 Å². The van der Waals surface area contributed by atoms with Gasteiger partial charge in [-0.25, -0.2) is 0 Å². The minimum Gasteiger partial charge on any atom is -0.393 e. The van der Waals surface area contributed by atoms with E-state index in [0.29, 0.717) is 18.8 Å². The summed E-state index contributed by atoms with van der Waals surface area (Å²) in [5.74, 6) is -0.0222. The molecule has 0 aromatic carbocycles. The Labute approximate surface area is 204 Å². The van der Waals surface area contributed by atoms with Crippen LogP contribution in [0.4, 0.5) is 0 Å². The monoisotopic (exact) mass is 436 g/mol. The molecule has 0 amide bonds. The molecule has 0 bridgehead atoms. The van der Waals surface area contributed by atoms with Crippen molar-refractivity contribution in [2.75, 3.05) is 0 Å². The summed E-state index contributed by atoms with van der Waals surface area (Å²) in [6.45, 7) is 6.63. The average molecular weight is 437 g/mol. The van der Waals surface area contributed by atoms with Crippen LogP contribution in [0.3, 0.4) is 0 Å². The van der Waals surface area contributed by atoms with Crippen LogP contribution in [0.5, 0.6) is 0 Å². The van der Waals surface area contributed by atoms with Gasteiger partial charge in [0.2, 0.25) is 0 Å². The number of carbonyl (C=O) groups excluding carboxylic acids is 2. The Hall–Kier alpha value is -0.0938. The first-order valence-corrected chi connectivity index (χ1v) is 12.8. The fraction of sp³-hybridized carbons (Fsp3) is 0.923. The van der Waals surface area contributed by atoms with Crippen LogP contribution in [0.25, 0.3) is 0 Å². The maximum absolute atomic E-state index is 11.7. The Morgan fingerprint density at radius 3 is 1.27 bits per heavy atom. The van der Waals surface area contributed by atoms with Crippen molar-refractivity contribution in [3.63, 3.8) is 0 Å². The van der Waals surface area contributed by atoms with Crippen molar-refractivity contribution in [1.29, 1.82) is 0 Å². The molecule has 0 fully saturated rings. The zero-order valence-corrected chi connectivity index (χ0v) is 19.9. The maximum atomic E-state index is 11.7. The smallest absolute Gasteiger partial charge is 0.316 e. The predicted octanol–water partition coefficient (Wildman–Crippen LogP) is 7.62. The number of hydrogen-bond donors (Lipinski definition) is 0. The van der Waals surface area contributed by atoms with Crippen LogP contribution < -0.4 is 0 Å². The molecule has 30 heavy (non-hydrogen) atoms. The molecule has 0 unspecified atom stereocenters. The van der Waals surface area contributed by atoms with Crippen molar-refractivity contribution in [1.82, 2.24) is 0 Å². The number of carbonyl (C=O) groups is 2. The molecule has 0 saturated carbocycles. The molecule has 0 aliphatic heterocycles. The van der Waals surface area contributed by atoms with E-state index in [4.69, 9.17) is 4.74 Å². The Kier molecular flexibility index (Phi) is 26.9. The van der Waals surface area contributed by atoms with Crippen molar-refractivity contribution in [2.24, 2.45) is 5.92 Å². The largest absolute Gasteiger partial charge is 0.393 e. The lowest BCUT2D eigenvalue weighted by molar-refractivity contribution is -0.159. The van der Waals surface area contributed by atoms with Gasteiger partial charge in [-0.05, 0) is 18.8 Å². The second kappa shape index (κ2) is 25.2. The Balaban J connectivity index is 0. The van der Waals surface area contributed by atoms with E-state index in [9.17, 15) is 9.59 Å². The molecule has 0 aromatic rings. The van der Waals surface area contributed by atoms with E-state index in [0.717, 1.165) is 32.1 Å². The van der Waals surface area contributed by atoms with E-state index < -0.39 is 0 Å². The lowest BCUT2D eigenvalue weighted by Crippen LogP contribution is -2.11. The summed E-state index contributed by atoms with van der Waals surface area (Å²) >= 11 is 0. The topological polar surface area (TPSA) is 43.4 Å². The molecule has 0 saturated heterocycles. The highest BCUT2D eigenvalue weighted by molar-refractivity contribution is 5.85. The number of unbranched alkanes of at least 4 members (excludes halogenated alkanes) is 15. The average Bonchev–Trinajstić information content (AvgIpc) is 2.68. The zero-order chi connectivity index (χ0) is 21.6. The summed E-state index contributed by atoms with van der Waals surface area (Å²) in [7, 11) is 0. The van der Waals surface area contributed by atoms with Crippen molar-refractivity contribution < 1.29 is 14.3 Å². The van der Waals surface area contributed by atoms with E-state index in [2.05, 4.69) is 20.8 Å².